The van der Waals surface area contributed by atoms with Crippen LogP contribution in [0.1, 0.15) is 11.3 Å². The molecule has 0 aliphatic carbocycles. The molecule has 3 heteroatoms. The number of hydrogen-bond acceptors (Lipinski definition) is 1. The Morgan fingerprint density at radius 2 is 1.80 bits per heavy atom. The van der Waals surface area contributed by atoms with E-state index in [0.29, 0.717) is 6.61 Å². The summed E-state index contributed by atoms with van der Waals surface area (Å²) in [5, 5.41) is 1.93. The van der Waals surface area contributed by atoms with Crippen molar-refractivity contribution < 1.29 is 4.74 Å². The van der Waals surface area contributed by atoms with Crippen LogP contribution in [0.25, 0.3) is 10.9 Å². The van der Waals surface area contributed by atoms with Crippen molar-refractivity contribution in [3.63, 3.8) is 0 Å². The first-order chi connectivity index (χ1) is 9.63. The van der Waals surface area contributed by atoms with Crippen molar-refractivity contribution in [3.05, 3.63) is 64.8 Å². The van der Waals surface area contributed by atoms with Crippen LogP contribution < -0.4 is 4.74 Å². The largest absolute Gasteiger partial charge is 0.487 e. The van der Waals surface area contributed by atoms with Crippen LogP contribution in [0.3, 0.4) is 0 Å². The number of rotatable bonds is 3. The number of benzene rings is 2. The molecule has 0 saturated carbocycles. The molecule has 0 spiro atoms. The maximum Gasteiger partial charge on any atom is 0.128 e. The van der Waals surface area contributed by atoms with E-state index in [0.717, 1.165) is 22.0 Å². The normalized spacial score (nSPS) is 10.9. The summed E-state index contributed by atoms with van der Waals surface area (Å²) in [4.78, 5) is 0. The SMILES string of the molecule is Cc1ccc(OCc2cc3ccc(Cl)cc3n2C)cc1. The molecule has 0 fully saturated rings. The molecule has 0 saturated heterocycles. The van der Waals surface area contributed by atoms with Gasteiger partial charge in [-0.05, 0) is 37.3 Å². The van der Waals surface area contributed by atoms with E-state index in [9.17, 15) is 0 Å². The maximum atomic E-state index is 6.04. The Morgan fingerprint density at radius 1 is 1.05 bits per heavy atom. The number of fused-ring (bicyclic) bond motifs is 1. The smallest absolute Gasteiger partial charge is 0.128 e. The Labute approximate surface area is 123 Å². The highest BCUT2D eigenvalue weighted by atomic mass is 35.5. The van der Waals surface area contributed by atoms with Crippen LogP contribution >= 0.6 is 11.6 Å². The lowest BCUT2D eigenvalue weighted by molar-refractivity contribution is 0.297. The summed E-state index contributed by atoms with van der Waals surface area (Å²) >= 11 is 6.04. The molecule has 2 nitrogen and oxygen atoms in total. The molecular formula is C17H16ClNO. The molecule has 0 bridgehead atoms. The third kappa shape index (κ3) is 2.52. The number of aromatic nitrogens is 1. The van der Waals surface area contributed by atoms with E-state index in [1.165, 1.54) is 10.9 Å². The molecule has 0 aliphatic rings. The van der Waals surface area contributed by atoms with Gasteiger partial charge < -0.3 is 9.30 Å². The van der Waals surface area contributed by atoms with Gasteiger partial charge in [0, 0.05) is 23.0 Å². The topological polar surface area (TPSA) is 14.2 Å². The summed E-state index contributed by atoms with van der Waals surface area (Å²) < 4.78 is 7.95. The van der Waals surface area contributed by atoms with Crippen LogP contribution in [-0.2, 0) is 13.7 Å². The molecule has 102 valence electrons. The first-order valence-corrected chi connectivity index (χ1v) is 6.94. The van der Waals surface area contributed by atoms with Crippen LogP contribution in [-0.4, -0.2) is 4.57 Å². The molecule has 0 amide bonds. The van der Waals surface area contributed by atoms with Crippen LogP contribution in [0.2, 0.25) is 5.02 Å². The molecule has 2 aromatic carbocycles. The van der Waals surface area contributed by atoms with E-state index in [1.54, 1.807) is 0 Å². The fourth-order valence-corrected chi connectivity index (χ4v) is 2.46. The van der Waals surface area contributed by atoms with Gasteiger partial charge in [0.1, 0.15) is 12.4 Å². The van der Waals surface area contributed by atoms with E-state index < -0.39 is 0 Å². The Hall–Kier alpha value is -1.93. The average molecular weight is 286 g/mol. The first kappa shape index (κ1) is 13.1. The first-order valence-electron chi connectivity index (χ1n) is 6.57. The molecule has 0 radical (unpaired) electrons. The second-order valence-electron chi connectivity index (χ2n) is 5.00. The Kier molecular flexibility index (Phi) is 3.41. The predicted octanol–water partition coefficient (Wildman–Crippen LogP) is 4.72. The third-order valence-electron chi connectivity index (χ3n) is 3.51. The Bertz CT molecular complexity index is 744. The molecule has 0 atom stereocenters. The summed E-state index contributed by atoms with van der Waals surface area (Å²) in [6, 6.07) is 16.2. The highest BCUT2D eigenvalue weighted by molar-refractivity contribution is 6.31. The monoisotopic (exact) mass is 285 g/mol. The van der Waals surface area contributed by atoms with Crippen molar-refractivity contribution in [1.82, 2.24) is 4.57 Å². The zero-order chi connectivity index (χ0) is 14.1. The second-order valence-corrected chi connectivity index (χ2v) is 5.44. The van der Waals surface area contributed by atoms with Crippen molar-refractivity contribution in [2.24, 2.45) is 7.05 Å². The quantitative estimate of drug-likeness (QED) is 0.679. The van der Waals surface area contributed by atoms with Gasteiger partial charge >= 0.3 is 0 Å². The molecule has 3 aromatic rings. The Balaban J connectivity index is 1.84. The molecular weight excluding hydrogens is 270 g/mol. The van der Waals surface area contributed by atoms with Crippen molar-refractivity contribution in [2.45, 2.75) is 13.5 Å². The summed E-state index contributed by atoms with van der Waals surface area (Å²) in [6.45, 7) is 2.61. The molecule has 0 aliphatic heterocycles. The van der Waals surface area contributed by atoms with Gasteiger partial charge in [0.25, 0.3) is 0 Å². The average Bonchev–Trinajstić information content (AvgIpc) is 2.75. The van der Waals surface area contributed by atoms with E-state index in [-0.39, 0.29) is 0 Å². The van der Waals surface area contributed by atoms with E-state index in [4.69, 9.17) is 16.3 Å². The highest BCUT2D eigenvalue weighted by Crippen LogP contribution is 2.23. The number of nitrogens with zero attached hydrogens (tertiary/aromatic N) is 1. The lowest BCUT2D eigenvalue weighted by atomic mass is 10.2. The fourth-order valence-electron chi connectivity index (χ4n) is 2.29. The molecule has 0 unspecified atom stereocenters. The van der Waals surface area contributed by atoms with Crippen molar-refractivity contribution in [2.75, 3.05) is 0 Å². The van der Waals surface area contributed by atoms with E-state index >= 15 is 0 Å². The molecule has 0 N–H and O–H groups in total. The van der Waals surface area contributed by atoms with Gasteiger partial charge in [-0.2, -0.15) is 0 Å². The van der Waals surface area contributed by atoms with Crippen LogP contribution in [0.4, 0.5) is 0 Å². The predicted molar refractivity (Wildman–Crippen MR) is 83.4 cm³/mol. The van der Waals surface area contributed by atoms with Crippen molar-refractivity contribution in [1.29, 1.82) is 0 Å². The van der Waals surface area contributed by atoms with Gasteiger partial charge in [0.05, 0.1) is 5.69 Å². The molecule has 20 heavy (non-hydrogen) atoms. The maximum absolute atomic E-state index is 6.04. The van der Waals surface area contributed by atoms with Crippen molar-refractivity contribution >= 4 is 22.5 Å². The van der Waals surface area contributed by atoms with Crippen LogP contribution in [0.15, 0.2) is 48.5 Å². The summed E-state index contributed by atoms with van der Waals surface area (Å²) in [6.07, 6.45) is 0. The Morgan fingerprint density at radius 3 is 2.55 bits per heavy atom. The minimum atomic E-state index is 0.547. The highest BCUT2D eigenvalue weighted by Gasteiger charge is 2.07. The number of halogens is 1. The summed E-state index contributed by atoms with van der Waals surface area (Å²) in [5.41, 5.74) is 3.49. The van der Waals surface area contributed by atoms with Gasteiger partial charge in [0.15, 0.2) is 0 Å². The van der Waals surface area contributed by atoms with Gasteiger partial charge in [-0.25, -0.2) is 0 Å². The number of ether oxygens (including phenoxy) is 1. The van der Waals surface area contributed by atoms with Crippen LogP contribution in [0.5, 0.6) is 5.75 Å². The minimum absolute atomic E-state index is 0.547. The molecule has 3 rings (SSSR count). The number of hydrogen-bond donors (Lipinski definition) is 0. The fraction of sp³-hybridized carbons (Fsp3) is 0.176. The lowest BCUT2D eigenvalue weighted by Crippen LogP contribution is -2.01. The third-order valence-corrected chi connectivity index (χ3v) is 3.75. The zero-order valence-corrected chi connectivity index (χ0v) is 12.3. The van der Waals surface area contributed by atoms with Crippen molar-refractivity contribution in [3.8, 4) is 5.75 Å². The lowest BCUT2D eigenvalue weighted by Gasteiger charge is -2.08. The summed E-state index contributed by atoms with van der Waals surface area (Å²) in [5.74, 6) is 0.888. The zero-order valence-electron chi connectivity index (χ0n) is 11.6. The van der Waals surface area contributed by atoms with E-state index in [1.807, 2.05) is 37.4 Å². The van der Waals surface area contributed by atoms with E-state index in [2.05, 4.69) is 29.7 Å². The van der Waals surface area contributed by atoms with Gasteiger partial charge in [-0.15, -0.1) is 0 Å². The van der Waals surface area contributed by atoms with Crippen LogP contribution in [0, 0.1) is 6.92 Å². The van der Waals surface area contributed by atoms with Gasteiger partial charge in [-0.3, -0.25) is 0 Å². The molecule has 1 aromatic heterocycles. The summed E-state index contributed by atoms with van der Waals surface area (Å²) in [7, 11) is 2.03. The second kappa shape index (κ2) is 5.22. The van der Waals surface area contributed by atoms with Gasteiger partial charge in [0.2, 0.25) is 0 Å². The number of aryl methyl sites for hydroxylation is 2. The minimum Gasteiger partial charge on any atom is -0.487 e. The standard InChI is InChI=1S/C17H16ClNO/c1-12-3-7-16(8-4-12)20-11-15-9-13-5-6-14(18)10-17(13)19(15)2/h3-10H,11H2,1-2H3. The molecule has 1 heterocycles. The van der Waals surface area contributed by atoms with Gasteiger partial charge in [-0.1, -0.05) is 35.4 Å².